The molecule has 0 spiro atoms. The molecule has 7 heteroatoms. The highest BCUT2D eigenvalue weighted by Crippen LogP contribution is 2.37. The predicted octanol–water partition coefficient (Wildman–Crippen LogP) is 3.95. The van der Waals surface area contributed by atoms with Gasteiger partial charge in [0.2, 0.25) is 0 Å². The molecule has 0 aliphatic carbocycles. The van der Waals surface area contributed by atoms with Crippen LogP contribution in [0.4, 0.5) is 0 Å². The van der Waals surface area contributed by atoms with Crippen molar-refractivity contribution in [2.45, 2.75) is 25.6 Å². The van der Waals surface area contributed by atoms with Crippen LogP contribution in [-0.2, 0) is 15.2 Å². The van der Waals surface area contributed by atoms with Crippen LogP contribution < -0.4 is 9.47 Å². The third-order valence-corrected chi connectivity index (χ3v) is 5.73. The van der Waals surface area contributed by atoms with E-state index in [0.29, 0.717) is 29.9 Å². The molecule has 1 rings (SSSR count). The monoisotopic (exact) mass is 442 g/mol. The molecule has 0 fully saturated rings. The second-order valence-corrected chi connectivity index (χ2v) is 8.19. The summed E-state index contributed by atoms with van der Waals surface area (Å²) >= 11 is 6.85. The highest BCUT2D eigenvalue weighted by molar-refractivity contribution is 9.10. The van der Waals surface area contributed by atoms with Gasteiger partial charge in [-0.25, -0.2) is 8.42 Å². The Balaban J connectivity index is 2.82. The SMILES string of the molecule is CCCS(=O)(=O)CCOc1c(Br)cc(CBr)cc1OCC. The molecule has 120 valence electrons. The van der Waals surface area contributed by atoms with Crippen molar-refractivity contribution in [3.63, 3.8) is 0 Å². The molecule has 0 radical (unpaired) electrons. The number of halogens is 2. The van der Waals surface area contributed by atoms with E-state index in [9.17, 15) is 8.42 Å². The quantitative estimate of drug-likeness (QED) is 0.542. The average Bonchev–Trinajstić information content (AvgIpc) is 2.41. The Morgan fingerprint density at radius 3 is 2.43 bits per heavy atom. The first-order valence-electron chi connectivity index (χ1n) is 6.77. The predicted molar refractivity (Wildman–Crippen MR) is 92.4 cm³/mol. The molecular weight excluding hydrogens is 424 g/mol. The summed E-state index contributed by atoms with van der Waals surface area (Å²) in [7, 11) is -3.04. The molecule has 0 bridgehead atoms. The second kappa shape index (κ2) is 9.00. The zero-order valence-electron chi connectivity index (χ0n) is 12.2. The second-order valence-electron chi connectivity index (χ2n) is 4.47. The Bertz CT molecular complexity index is 558. The summed E-state index contributed by atoms with van der Waals surface area (Å²) in [6.07, 6.45) is 0.621. The summed E-state index contributed by atoms with van der Waals surface area (Å²) < 4.78 is 35.3. The van der Waals surface area contributed by atoms with Gasteiger partial charge in [0.25, 0.3) is 0 Å². The molecule has 0 saturated heterocycles. The summed E-state index contributed by atoms with van der Waals surface area (Å²) in [6.45, 7) is 4.38. The van der Waals surface area contributed by atoms with Crippen molar-refractivity contribution in [1.29, 1.82) is 0 Å². The van der Waals surface area contributed by atoms with Crippen LogP contribution >= 0.6 is 31.9 Å². The van der Waals surface area contributed by atoms with Crippen LogP contribution in [0.25, 0.3) is 0 Å². The molecule has 0 aliphatic heterocycles. The van der Waals surface area contributed by atoms with E-state index in [4.69, 9.17) is 9.47 Å². The van der Waals surface area contributed by atoms with Gasteiger partial charge in [0.1, 0.15) is 6.61 Å². The molecule has 21 heavy (non-hydrogen) atoms. The number of rotatable bonds is 9. The minimum atomic E-state index is -3.04. The van der Waals surface area contributed by atoms with Crippen molar-refractivity contribution >= 4 is 41.7 Å². The number of sulfone groups is 1. The summed E-state index contributed by atoms with van der Waals surface area (Å²) in [5.74, 6) is 1.37. The number of ether oxygens (including phenoxy) is 2. The van der Waals surface area contributed by atoms with Gasteiger partial charge in [-0.2, -0.15) is 0 Å². The minimum absolute atomic E-state index is 0.0129. The highest BCUT2D eigenvalue weighted by Gasteiger charge is 2.14. The van der Waals surface area contributed by atoms with Crippen LogP contribution in [0.2, 0.25) is 0 Å². The first-order chi connectivity index (χ1) is 9.93. The largest absolute Gasteiger partial charge is 0.490 e. The van der Waals surface area contributed by atoms with Crippen molar-refractivity contribution < 1.29 is 17.9 Å². The average molecular weight is 444 g/mol. The Hall–Kier alpha value is -0.270. The lowest BCUT2D eigenvalue weighted by Crippen LogP contribution is -2.17. The van der Waals surface area contributed by atoms with Crippen molar-refractivity contribution in [1.82, 2.24) is 0 Å². The van der Waals surface area contributed by atoms with Crippen LogP contribution in [0.1, 0.15) is 25.8 Å². The fraction of sp³-hybridized carbons (Fsp3) is 0.571. The highest BCUT2D eigenvalue weighted by atomic mass is 79.9. The van der Waals surface area contributed by atoms with Crippen LogP contribution in [0, 0.1) is 0 Å². The minimum Gasteiger partial charge on any atom is -0.490 e. The number of hydrogen-bond donors (Lipinski definition) is 0. The van der Waals surface area contributed by atoms with E-state index in [1.54, 1.807) is 0 Å². The van der Waals surface area contributed by atoms with Gasteiger partial charge < -0.3 is 9.47 Å². The molecule has 0 N–H and O–H groups in total. The molecule has 0 aliphatic rings. The fourth-order valence-corrected chi connectivity index (χ4v) is 3.88. The molecule has 1 aromatic rings. The standard InChI is InChI=1S/C14H20Br2O4S/c1-3-6-21(17,18)7-5-20-14-12(16)8-11(10-15)9-13(14)19-4-2/h8-9H,3-7,10H2,1-2H3. The smallest absolute Gasteiger partial charge is 0.175 e. The molecule has 0 atom stereocenters. The zero-order chi connectivity index (χ0) is 15.9. The molecule has 1 aromatic carbocycles. The molecule has 0 saturated carbocycles. The Morgan fingerprint density at radius 2 is 1.86 bits per heavy atom. The maximum Gasteiger partial charge on any atom is 0.175 e. The van der Waals surface area contributed by atoms with Gasteiger partial charge in [0.05, 0.1) is 22.6 Å². The maximum absolute atomic E-state index is 11.7. The van der Waals surface area contributed by atoms with Gasteiger partial charge in [-0.3, -0.25) is 0 Å². The van der Waals surface area contributed by atoms with Crippen LogP contribution in [-0.4, -0.2) is 33.1 Å². The fourth-order valence-electron chi connectivity index (χ4n) is 1.79. The number of hydrogen-bond acceptors (Lipinski definition) is 4. The van der Waals surface area contributed by atoms with Gasteiger partial charge in [0.15, 0.2) is 21.3 Å². The van der Waals surface area contributed by atoms with E-state index in [2.05, 4.69) is 31.9 Å². The van der Waals surface area contributed by atoms with Gasteiger partial charge in [-0.1, -0.05) is 22.9 Å². The van der Waals surface area contributed by atoms with Gasteiger partial charge in [0, 0.05) is 5.33 Å². The third-order valence-electron chi connectivity index (χ3n) is 2.68. The lowest BCUT2D eigenvalue weighted by atomic mass is 10.2. The van der Waals surface area contributed by atoms with E-state index in [1.165, 1.54) is 0 Å². The molecule has 0 aromatic heterocycles. The number of alkyl halides is 1. The summed E-state index contributed by atoms with van der Waals surface area (Å²) in [5.41, 5.74) is 1.05. The van der Waals surface area contributed by atoms with Crippen molar-refractivity contribution in [2.75, 3.05) is 24.7 Å². The third kappa shape index (κ3) is 6.16. The van der Waals surface area contributed by atoms with E-state index < -0.39 is 9.84 Å². The molecule has 0 heterocycles. The summed E-state index contributed by atoms with van der Waals surface area (Å²) in [6, 6.07) is 3.81. The Kier molecular flexibility index (Phi) is 8.05. The van der Waals surface area contributed by atoms with Crippen LogP contribution in [0.15, 0.2) is 16.6 Å². The first-order valence-corrected chi connectivity index (χ1v) is 10.5. The molecular formula is C14H20Br2O4S. The van der Waals surface area contributed by atoms with E-state index in [1.807, 2.05) is 26.0 Å². The lowest BCUT2D eigenvalue weighted by Gasteiger charge is -2.15. The summed E-state index contributed by atoms with van der Waals surface area (Å²) in [4.78, 5) is 0. The van der Waals surface area contributed by atoms with Crippen molar-refractivity contribution in [3.8, 4) is 11.5 Å². The molecule has 0 amide bonds. The molecule has 4 nitrogen and oxygen atoms in total. The van der Waals surface area contributed by atoms with Gasteiger partial charge in [-0.05, 0) is 47.0 Å². The molecule has 0 unspecified atom stereocenters. The number of benzene rings is 1. The zero-order valence-corrected chi connectivity index (χ0v) is 16.2. The van der Waals surface area contributed by atoms with E-state index in [-0.39, 0.29) is 18.1 Å². The Labute approximate surface area is 143 Å². The van der Waals surface area contributed by atoms with Gasteiger partial charge in [-0.15, -0.1) is 0 Å². The van der Waals surface area contributed by atoms with Gasteiger partial charge >= 0.3 is 0 Å². The van der Waals surface area contributed by atoms with Crippen LogP contribution in [0.5, 0.6) is 11.5 Å². The summed E-state index contributed by atoms with van der Waals surface area (Å²) in [5, 5.41) is 0.705. The normalized spacial score (nSPS) is 11.4. The maximum atomic E-state index is 11.7. The van der Waals surface area contributed by atoms with Crippen molar-refractivity contribution in [2.24, 2.45) is 0 Å². The van der Waals surface area contributed by atoms with E-state index in [0.717, 1.165) is 10.0 Å². The first kappa shape index (κ1) is 18.8. The van der Waals surface area contributed by atoms with Crippen LogP contribution in [0.3, 0.4) is 0 Å². The topological polar surface area (TPSA) is 52.6 Å². The van der Waals surface area contributed by atoms with E-state index >= 15 is 0 Å². The Morgan fingerprint density at radius 1 is 1.14 bits per heavy atom. The van der Waals surface area contributed by atoms with Crippen molar-refractivity contribution in [3.05, 3.63) is 22.2 Å². The lowest BCUT2D eigenvalue weighted by molar-refractivity contribution is 0.286.